The van der Waals surface area contributed by atoms with Gasteiger partial charge in [0.15, 0.2) is 0 Å². The van der Waals surface area contributed by atoms with Crippen molar-refractivity contribution in [2.24, 2.45) is 4.99 Å². The van der Waals surface area contributed by atoms with Gasteiger partial charge in [-0.05, 0) is 12.8 Å². The number of unbranched alkanes of at least 4 members (excludes halogenated alkanes) is 3. The maximum Gasteiger partial charge on any atom is 0.234 e. The molecule has 0 aliphatic heterocycles. The Morgan fingerprint density at radius 1 is 1.33 bits per heavy atom. The number of hydrogen-bond donors (Lipinski definition) is 1. The lowest BCUT2D eigenvalue weighted by Gasteiger charge is -1.98. The number of isocyanates is 1. The first kappa shape index (κ1) is 11.3. The molecular weight excluding hydrogens is 172 g/mol. The number of thiocarbonyl (C=S) groups is 1. The number of hydrogen-bond acceptors (Lipinski definition) is 3. The van der Waals surface area contributed by atoms with Crippen molar-refractivity contribution in [1.29, 1.82) is 0 Å². The molecule has 0 aromatic heterocycles. The molecule has 0 fully saturated rings. The molecule has 3 nitrogen and oxygen atoms in total. The van der Waals surface area contributed by atoms with Gasteiger partial charge in [0.2, 0.25) is 6.08 Å². The fourth-order valence-corrected chi connectivity index (χ4v) is 0.994. The molecule has 0 saturated carbocycles. The molecule has 12 heavy (non-hydrogen) atoms. The van der Waals surface area contributed by atoms with Gasteiger partial charge in [-0.1, -0.05) is 25.1 Å². The Morgan fingerprint density at radius 2 is 2.08 bits per heavy atom. The Labute approximate surface area is 78.3 Å². The smallest absolute Gasteiger partial charge is 0.234 e. The summed E-state index contributed by atoms with van der Waals surface area (Å²) in [6.07, 6.45) is 5.90. The Hall–Kier alpha value is -0.730. The quantitative estimate of drug-likeness (QED) is 0.270. The van der Waals surface area contributed by atoms with E-state index in [9.17, 15) is 4.79 Å². The third kappa shape index (κ3) is 9.27. The van der Waals surface area contributed by atoms with E-state index in [4.69, 9.17) is 0 Å². The van der Waals surface area contributed by atoms with Crippen LogP contribution in [0.5, 0.6) is 0 Å². The van der Waals surface area contributed by atoms with E-state index >= 15 is 0 Å². The number of carbonyl (C=O) groups excluding carboxylic acids is 1. The van der Waals surface area contributed by atoms with Crippen molar-refractivity contribution in [1.82, 2.24) is 5.32 Å². The van der Waals surface area contributed by atoms with Crippen LogP contribution < -0.4 is 5.32 Å². The molecule has 0 heterocycles. The zero-order valence-electron chi connectivity index (χ0n) is 7.08. The predicted molar refractivity (Wildman–Crippen MR) is 53.1 cm³/mol. The Balaban J connectivity index is 2.90. The van der Waals surface area contributed by atoms with E-state index in [0.717, 1.165) is 32.2 Å². The molecule has 0 atom stereocenters. The third-order valence-corrected chi connectivity index (χ3v) is 1.66. The monoisotopic (exact) mass is 186 g/mol. The minimum absolute atomic E-state index is 0.615. The van der Waals surface area contributed by atoms with Crippen LogP contribution in [0.2, 0.25) is 0 Å². The summed E-state index contributed by atoms with van der Waals surface area (Å²) in [4.78, 5) is 13.1. The summed E-state index contributed by atoms with van der Waals surface area (Å²) in [5.41, 5.74) is 1.54. The van der Waals surface area contributed by atoms with Crippen LogP contribution in [-0.4, -0.2) is 24.7 Å². The van der Waals surface area contributed by atoms with Gasteiger partial charge in [0.1, 0.15) is 0 Å². The second kappa shape index (κ2) is 10.3. The summed E-state index contributed by atoms with van der Waals surface area (Å²) in [5, 5.41) is 2.95. The van der Waals surface area contributed by atoms with Crippen LogP contribution in [0.4, 0.5) is 0 Å². The van der Waals surface area contributed by atoms with Gasteiger partial charge in [0.25, 0.3) is 0 Å². The maximum atomic E-state index is 9.66. The largest absolute Gasteiger partial charge is 0.382 e. The highest BCUT2D eigenvalue weighted by Crippen LogP contribution is 1.98. The number of nitrogens with zero attached hydrogens (tertiary/aromatic N) is 1. The fraction of sp³-hybridized carbons (Fsp3) is 0.750. The van der Waals surface area contributed by atoms with Crippen LogP contribution in [-0.2, 0) is 4.79 Å². The predicted octanol–water partition coefficient (Wildman–Crippen LogP) is 1.43. The highest BCUT2D eigenvalue weighted by molar-refractivity contribution is 7.78. The van der Waals surface area contributed by atoms with E-state index in [-0.39, 0.29) is 0 Å². The summed E-state index contributed by atoms with van der Waals surface area (Å²) in [6, 6.07) is 0. The van der Waals surface area contributed by atoms with Gasteiger partial charge in [0, 0.05) is 6.54 Å². The van der Waals surface area contributed by atoms with Gasteiger partial charge in [-0.25, -0.2) is 9.79 Å². The summed E-state index contributed by atoms with van der Waals surface area (Å²) >= 11 is 4.59. The molecule has 0 aliphatic carbocycles. The second-order valence-electron chi connectivity index (χ2n) is 2.46. The van der Waals surface area contributed by atoms with E-state index in [1.807, 2.05) is 0 Å². The third-order valence-electron chi connectivity index (χ3n) is 1.49. The normalized spacial score (nSPS) is 8.67. The lowest BCUT2D eigenvalue weighted by molar-refractivity contribution is 0.561. The Bertz CT molecular complexity index is 155. The van der Waals surface area contributed by atoms with Gasteiger partial charge in [-0.3, -0.25) is 0 Å². The zero-order chi connectivity index (χ0) is 9.07. The van der Waals surface area contributed by atoms with Crippen molar-refractivity contribution in [2.45, 2.75) is 25.7 Å². The van der Waals surface area contributed by atoms with Gasteiger partial charge in [0.05, 0.1) is 12.0 Å². The van der Waals surface area contributed by atoms with E-state index in [1.54, 1.807) is 0 Å². The molecule has 0 rings (SSSR count). The highest BCUT2D eigenvalue weighted by Gasteiger charge is 1.87. The Morgan fingerprint density at radius 3 is 2.75 bits per heavy atom. The van der Waals surface area contributed by atoms with Crippen LogP contribution in [0, 0.1) is 0 Å². The minimum Gasteiger partial charge on any atom is -0.382 e. The van der Waals surface area contributed by atoms with Crippen molar-refractivity contribution in [3.63, 3.8) is 0 Å². The maximum absolute atomic E-state index is 9.66. The van der Waals surface area contributed by atoms with Crippen LogP contribution in [0.25, 0.3) is 0 Å². The molecule has 0 aromatic rings. The second-order valence-corrected chi connectivity index (χ2v) is 2.69. The first-order valence-electron chi connectivity index (χ1n) is 4.12. The van der Waals surface area contributed by atoms with Crippen LogP contribution in [0.15, 0.2) is 4.99 Å². The average molecular weight is 186 g/mol. The van der Waals surface area contributed by atoms with Crippen molar-refractivity contribution >= 4 is 23.8 Å². The standard InChI is InChI=1S/C8H14N2OS/c11-7-9-5-3-1-2-4-6-10-8-12/h8H,1-6H2,(H,10,12). The molecule has 0 radical (unpaired) electrons. The molecule has 4 heteroatoms. The van der Waals surface area contributed by atoms with Crippen molar-refractivity contribution < 1.29 is 4.79 Å². The fourth-order valence-electron chi connectivity index (χ4n) is 0.876. The summed E-state index contributed by atoms with van der Waals surface area (Å²) in [7, 11) is 0. The molecule has 0 amide bonds. The Kier molecular flexibility index (Phi) is 9.65. The van der Waals surface area contributed by atoms with Crippen LogP contribution >= 0.6 is 12.2 Å². The van der Waals surface area contributed by atoms with E-state index < -0.39 is 0 Å². The highest BCUT2D eigenvalue weighted by atomic mass is 32.1. The van der Waals surface area contributed by atoms with E-state index in [0.29, 0.717) is 6.54 Å². The summed E-state index contributed by atoms with van der Waals surface area (Å²) in [5.74, 6) is 0. The van der Waals surface area contributed by atoms with Gasteiger partial charge < -0.3 is 5.32 Å². The van der Waals surface area contributed by atoms with Gasteiger partial charge >= 0.3 is 0 Å². The minimum atomic E-state index is 0.615. The first-order valence-corrected chi connectivity index (χ1v) is 4.59. The average Bonchev–Trinajstić information content (AvgIpc) is 2.10. The molecule has 0 unspecified atom stereocenters. The zero-order valence-corrected chi connectivity index (χ0v) is 7.90. The first-order chi connectivity index (χ1) is 5.91. The molecule has 0 bridgehead atoms. The summed E-state index contributed by atoms with van der Waals surface area (Å²) < 4.78 is 0. The number of aliphatic imine (C=N–C) groups is 1. The summed E-state index contributed by atoms with van der Waals surface area (Å²) in [6.45, 7) is 1.56. The molecule has 1 N–H and O–H groups in total. The lowest BCUT2D eigenvalue weighted by atomic mass is 10.2. The topological polar surface area (TPSA) is 41.5 Å². The molecule has 68 valence electrons. The van der Waals surface area contributed by atoms with E-state index in [1.165, 1.54) is 11.6 Å². The molecular formula is C8H14N2OS. The van der Waals surface area contributed by atoms with Crippen LogP contribution in [0.1, 0.15) is 25.7 Å². The van der Waals surface area contributed by atoms with Gasteiger partial charge in [-0.2, -0.15) is 0 Å². The SMILES string of the molecule is O=C=NCCCCCCNC=S. The van der Waals surface area contributed by atoms with Gasteiger partial charge in [-0.15, -0.1) is 0 Å². The molecule has 0 aromatic carbocycles. The number of rotatable bonds is 8. The molecule has 0 spiro atoms. The lowest BCUT2D eigenvalue weighted by Crippen LogP contribution is -2.10. The van der Waals surface area contributed by atoms with Crippen molar-refractivity contribution in [3.8, 4) is 0 Å². The van der Waals surface area contributed by atoms with E-state index in [2.05, 4.69) is 22.5 Å². The molecule has 0 aliphatic rings. The molecule has 0 saturated heterocycles. The van der Waals surface area contributed by atoms with Crippen LogP contribution in [0.3, 0.4) is 0 Å². The van der Waals surface area contributed by atoms with Crippen molar-refractivity contribution in [3.05, 3.63) is 0 Å². The van der Waals surface area contributed by atoms with Crippen molar-refractivity contribution in [2.75, 3.05) is 13.1 Å². The number of nitrogens with one attached hydrogen (secondary N) is 1.